The van der Waals surface area contributed by atoms with E-state index in [-0.39, 0.29) is 11.4 Å². The van der Waals surface area contributed by atoms with Gasteiger partial charge < -0.3 is 5.11 Å². The van der Waals surface area contributed by atoms with Crippen LogP contribution in [0.2, 0.25) is 5.02 Å². The molecule has 18 heavy (non-hydrogen) atoms. The molecule has 0 saturated carbocycles. The Morgan fingerprint density at radius 3 is 2.83 bits per heavy atom. The van der Waals surface area contributed by atoms with Crippen LogP contribution in [0.5, 0.6) is 0 Å². The first kappa shape index (κ1) is 13.8. The SMILES string of the molecule is Cc1ccc(Cl)cc1S(=O)(=O)N1CCC[C@H](O)C1. The Labute approximate surface area is 112 Å². The van der Waals surface area contributed by atoms with Gasteiger partial charge in [0.1, 0.15) is 0 Å². The molecule has 1 aromatic carbocycles. The zero-order chi connectivity index (χ0) is 13.3. The second-order valence-corrected chi connectivity index (χ2v) is 6.91. The smallest absolute Gasteiger partial charge is 0.243 e. The summed E-state index contributed by atoms with van der Waals surface area (Å²) in [6, 6.07) is 4.82. The number of halogens is 1. The summed E-state index contributed by atoms with van der Waals surface area (Å²) >= 11 is 5.86. The van der Waals surface area contributed by atoms with E-state index in [1.165, 1.54) is 10.4 Å². The maximum Gasteiger partial charge on any atom is 0.243 e. The minimum atomic E-state index is -3.56. The molecule has 1 aliphatic rings. The molecule has 1 aromatic rings. The number of aliphatic hydroxyl groups excluding tert-OH is 1. The van der Waals surface area contributed by atoms with Gasteiger partial charge in [-0.3, -0.25) is 0 Å². The van der Waals surface area contributed by atoms with Crippen LogP contribution in [-0.4, -0.2) is 37.0 Å². The summed E-state index contributed by atoms with van der Waals surface area (Å²) in [4.78, 5) is 0.226. The molecule has 1 fully saturated rings. The molecule has 1 aliphatic heterocycles. The largest absolute Gasteiger partial charge is 0.392 e. The van der Waals surface area contributed by atoms with Gasteiger partial charge in [-0.1, -0.05) is 17.7 Å². The Balaban J connectivity index is 2.38. The van der Waals surface area contributed by atoms with Gasteiger partial charge in [-0.25, -0.2) is 8.42 Å². The first-order valence-corrected chi connectivity index (χ1v) is 7.67. The summed E-state index contributed by atoms with van der Waals surface area (Å²) in [5.41, 5.74) is 0.666. The number of rotatable bonds is 2. The average molecular weight is 290 g/mol. The third-order valence-electron chi connectivity index (χ3n) is 3.13. The molecule has 0 aliphatic carbocycles. The Kier molecular flexibility index (Phi) is 3.96. The average Bonchev–Trinajstić information content (AvgIpc) is 2.32. The highest BCUT2D eigenvalue weighted by Gasteiger charge is 2.30. The Hall–Kier alpha value is -0.620. The molecular weight excluding hydrogens is 274 g/mol. The molecule has 0 bridgehead atoms. The van der Waals surface area contributed by atoms with Gasteiger partial charge in [0, 0.05) is 18.1 Å². The zero-order valence-corrected chi connectivity index (χ0v) is 11.7. The lowest BCUT2D eigenvalue weighted by Gasteiger charge is -2.29. The number of hydrogen-bond acceptors (Lipinski definition) is 3. The van der Waals surface area contributed by atoms with Crippen molar-refractivity contribution in [3.05, 3.63) is 28.8 Å². The minimum Gasteiger partial charge on any atom is -0.392 e. The molecule has 0 radical (unpaired) electrons. The molecule has 1 N–H and O–H groups in total. The molecule has 0 aromatic heterocycles. The van der Waals surface area contributed by atoms with Gasteiger partial charge in [0.2, 0.25) is 10.0 Å². The van der Waals surface area contributed by atoms with Crippen molar-refractivity contribution in [2.24, 2.45) is 0 Å². The van der Waals surface area contributed by atoms with Crippen LogP contribution in [0.15, 0.2) is 23.1 Å². The molecule has 1 atom stereocenters. The molecule has 1 heterocycles. The predicted molar refractivity (Wildman–Crippen MR) is 70.2 cm³/mol. The maximum absolute atomic E-state index is 12.5. The van der Waals surface area contributed by atoms with Crippen molar-refractivity contribution in [1.82, 2.24) is 4.31 Å². The second kappa shape index (κ2) is 5.17. The topological polar surface area (TPSA) is 57.6 Å². The molecular formula is C12H16ClNO3S. The summed E-state index contributed by atoms with van der Waals surface area (Å²) in [7, 11) is -3.56. The van der Waals surface area contributed by atoms with E-state index in [9.17, 15) is 13.5 Å². The summed E-state index contributed by atoms with van der Waals surface area (Å²) < 4.78 is 26.3. The number of aliphatic hydroxyl groups is 1. The number of nitrogens with zero attached hydrogens (tertiary/aromatic N) is 1. The van der Waals surface area contributed by atoms with Crippen molar-refractivity contribution < 1.29 is 13.5 Å². The van der Waals surface area contributed by atoms with Crippen LogP contribution in [0.1, 0.15) is 18.4 Å². The Morgan fingerprint density at radius 1 is 1.44 bits per heavy atom. The van der Waals surface area contributed by atoms with Crippen molar-refractivity contribution in [2.45, 2.75) is 30.8 Å². The summed E-state index contributed by atoms with van der Waals surface area (Å²) in [6.07, 6.45) is 0.758. The number of piperidine rings is 1. The third kappa shape index (κ3) is 2.69. The van der Waals surface area contributed by atoms with E-state index in [2.05, 4.69) is 0 Å². The van der Waals surface area contributed by atoms with Gasteiger partial charge in [0.05, 0.1) is 11.0 Å². The molecule has 4 nitrogen and oxygen atoms in total. The fourth-order valence-corrected chi connectivity index (χ4v) is 4.13. The minimum absolute atomic E-state index is 0.161. The second-order valence-electron chi connectivity index (χ2n) is 4.57. The van der Waals surface area contributed by atoms with Crippen LogP contribution in [0.4, 0.5) is 0 Å². The molecule has 0 unspecified atom stereocenters. The standard InChI is InChI=1S/C12H16ClNO3S/c1-9-4-5-10(13)7-12(9)18(16,17)14-6-2-3-11(15)8-14/h4-5,7,11,15H,2-3,6,8H2,1H3/t11-/m0/s1. The maximum atomic E-state index is 12.5. The fraction of sp³-hybridized carbons (Fsp3) is 0.500. The summed E-state index contributed by atoms with van der Waals surface area (Å²) in [5.74, 6) is 0. The fourth-order valence-electron chi connectivity index (χ4n) is 2.13. The normalized spacial score (nSPS) is 22.1. The van der Waals surface area contributed by atoms with Crippen LogP contribution < -0.4 is 0 Å². The number of β-amino-alcohol motifs (C(OH)–C–C–N with tert-alkyl or cyclic N) is 1. The van der Waals surface area contributed by atoms with E-state index in [0.717, 1.165) is 0 Å². The van der Waals surface area contributed by atoms with Crippen molar-refractivity contribution >= 4 is 21.6 Å². The van der Waals surface area contributed by atoms with Gasteiger partial charge >= 0.3 is 0 Å². The monoisotopic (exact) mass is 289 g/mol. The van der Waals surface area contributed by atoms with Gasteiger partial charge in [0.25, 0.3) is 0 Å². The quantitative estimate of drug-likeness (QED) is 0.903. The molecule has 2 rings (SSSR count). The third-order valence-corrected chi connectivity index (χ3v) is 5.37. The summed E-state index contributed by atoms with van der Waals surface area (Å²) in [5, 5.41) is 9.98. The van der Waals surface area contributed by atoms with Crippen molar-refractivity contribution in [3.8, 4) is 0 Å². The van der Waals surface area contributed by atoms with E-state index < -0.39 is 16.1 Å². The molecule has 1 saturated heterocycles. The van der Waals surface area contributed by atoms with E-state index in [1.54, 1.807) is 19.1 Å². The molecule has 0 amide bonds. The Bertz CT molecular complexity index is 544. The highest BCUT2D eigenvalue weighted by Crippen LogP contribution is 2.25. The zero-order valence-electron chi connectivity index (χ0n) is 10.1. The molecule has 6 heteroatoms. The van der Waals surface area contributed by atoms with Crippen molar-refractivity contribution in [2.75, 3.05) is 13.1 Å². The highest BCUT2D eigenvalue weighted by molar-refractivity contribution is 7.89. The van der Waals surface area contributed by atoms with Crippen LogP contribution in [0, 0.1) is 6.92 Å². The van der Waals surface area contributed by atoms with Crippen molar-refractivity contribution in [3.63, 3.8) is 0 Å². The lowest BCUT2D eigenvalue weighted by atomic mass is 10.1. The van der Waals surface area contributed by atoms with Gasteiger partial charge in [0.15, 0.2) is 0 Å². The highest BCUT2D eigenvalue weighted by atomic mass is 35.5. The van der Waals surface area contributed by atoms with Crippen LogP contribution >= 0.6 is 11.6 Å². The number of hydrogen-bond donors (Lipinski definition) is 1. The van der Waals surface area contributed by atoms with E-state index >= 15 is 0 Å². The summed E-state index contributed by atoms with van der Waals surface area (Å²) in [6.45, 7) is 2.35. The van der Waals surface area contributed by atoms with Crippen LogP contribution in [-0.2, 0) is 10.0 Å². The molecule has 100 valence electrons. The van der Waals surface area contributed by atoms with Gasteiger partial charge in [-0.15, -0.1) is 0 Å². The van der Waals surface area contributed by atoms with E-state index in [4.69, 9.17) is 11.6 Å². The van der Waals surface area contributed by atoms with E-state index in [0.29, 0.717) is 30.0 Å². The van der Waals surface area contributed by atoms with Crippen LogP contribution in [0.3, 0.4) is 0 Å². The first-order valence-electron chi connectivity index (χ1n) is 5.85. The number of sulfonamides is 1. The Morgan fingerprint density at radius 2 is 2.17 bits per heavy atom. The lowest BCUT2D eigenvalue weighted by molar-refractivity contribution is 0.108. The predicted octanol–water partition coefficient (Wildman–Crippen LogP) is 1.79. The number of aryl methyl sites for hydroxylation is 1. The first-order chi connectivity index (χ1) is 8.41. The number of benzene rings is 1. The molecule has 0 spiro atoms. The lowest BCUT2D eigenvalue weighted by Crippen LogP contribution is -2.42. The van der Waals surface area contributed by atoms with Gasteiger partial charge in [-0.2, -0.15) is 4.31 Å². The van der Waals surface area contributed by atoms with Gasteiger partial charge in [-0.05, 0) is 37.5 Å². The van der Waals surface area contributed by atoms with Crippen LogP contribution in [0.25, 0.3) is 0 Å². The van der Waals surface area contributed by atoms with Crippen molar-refractivity contribution in [1.29, 1.82) is 0 Å². The van der Waals surface area contributed by atoms with E-state index in [1.807, 2.05) is 0 Å².